The molecule has 0 saturated heterocycles. The van der Waals surface area contributed by atoms with Gasteiger partial charge >= 0.3 is 5.97 Å². The molecular weight excluding hydrogens is 282 g/mol. The number of fused-ring (bicyclic) bond motifs is 1. The van der Waals surface area contributed by atoms with Crippen molar-refractivity contribution in [3.63, 3.8) is 0 Å². The summed E-state index contributed by atoms with van der Waals surface area (Å²) in [5.41, 5.74) is 2.00. The molecule has 0 radical (unpaired) electrons. The smallest absolute Gasteiger partial charge is 0.307 e. The Balaban J connectivity index is 1.92. The number of nitrogens with one attached hydrogen (secondary N) is 2. The number of guanidine groups is 1. The van der Waals surface area contributed by atoms with Crippen molar-refractivity contribution in [2.75, 3.05) is 20.7 Å². The molecule has 1 aromatic carbocycles. The van der Waals surface area contributed by atoms with Crippen LogP contribution >= 0.6 is 0 Å². The van der Waals surface area contributed by atoms with E-state index in [1.54, 1.807) is 7.05 Å². The van der Waals surface area contributed by atoms with Gasteiger partial charge in [-0.1, -0.05) is 18.2 Å². The molecule has 6 heteroatoms. The minimum atomic E-state index is -0.254. The van der Waals surface area contributed by atoms with E-state index in [1.165, 1.54) is 7.11 Å². The Morgan fingerprint density at radius 2 is 2.09 bits per heavy atom. The molecule has 1 heterocycles. The van der Waals surface area contributed by atoms with Gasteiger partial charge in [-0.05, 0) is 13.0 Å². The first kappa shape index (κ1) is 15.9. The van der Waals surface area contributed by atoms with Gasteiger partial charge in [-0.15, -0.1) is 0 Å². The van der Waals surface area contributed by atoms with Gasteiger partial charge in [0.05, 0.1) is 20.1 Å². The fraction of sp³-hybridized carbons (Fsp3) is 0.375. The highest BCUT2D eigenvalue weighted by molar-refractivity contribution is 5.83. The third-order valence-corrected chi connectivity index (χ3v) is 3.43. The van der Waals surface area contributed by atoms with E-state index in [4.69, 9.17) is 4.42 Å². The largest absolute Gasteiger partial charge is 0.469 e. The number of carbonyl (C=O) groups is 1. The number of aryl methyl sites for hydroxylation is 1. The molecule has 0 unspecified atom stereocenters. The number of rotatable bonds is 5. The van der Waals surface area contributed by atoms with Crippen molar-refractivity contribution >= 4 is 22.9 Å². The molecule has 0 aliphatic carbocycles. The number of para-hydroxylation sites is 1. The molecule has 0 amide bonds. The molecule has 0 aliphatic rings. The Morgan fingerprint density at radius 3 is 2.77 bits per heavy atom. The molecule has 0 spiro atoms. The molecule has 0 saturated carbocycles. The topological polar surface area (TPSA) is 75.9 Å². The summed E-state index contributed by atoms with van der Waals surface area (Å²) < 4.78 is 10.4. The maximum absolute atomic E-state index is 11.1. The van der Waals surface area contributed by atoms with Crippen LogP contribution in [0, 0.1) is 6.92 Å². The van der Waals surface area contributed by atoms with Crippen molar-refractivity contribution < 1.29 is 13.9 Å². The first-order chi connectivity index (χ1) is 10.7. The van der Waals surface area contributed by atoms with Crippen LogP contribution in [0.2, 0.25) is 0 Å². The van der Waals surface area contributed by atoms with Crippen LogP contribution in [0.15, 0.2) is 33.7 Å². The minimum absolute atomic E-state index is 0.254. The van der Waals surface area contributed by atoms with E-state index in [9.17, 15) is 4.79 Å². The fourth-order valence-corrected chi connectivity index (χ4v) is 2.16. The van der Waals surface area contributed by atoms with E-state index >= 15 is 0 Å². The van der Waals surface area contributed by atoms with Gasteiger partial charge in [0.15, 0.2) is 5.96 Å². The second-order valence-electron chi connectivity index (χ2n) is 4.83. The van der Waals surface area contributed by atoms with Crippen LogP contribution in [0.1, 0.15) is 17.7 Å². The second-order valence-corrected chi connectivity index (χ2v) is 4.83. The van der Waals surface area contributed by atoms with Gasteiger partial charge < -0.3 is 19.8 Å². The van der Waals surface area contributed by atoms with Crippen molar-refractivity contribution in [2.24, 2.45) is 4.99 Å². The normalized spacial score (nSPS) is 11.5. The molecule has 0 fully saturated rings. The van der Waals surface area contributed by atoms with E-state index in [0.29, 0.717) is 25.5 Å². The summed E-state index contributed by atoms with van der Waals surface area (Å²) in [6.07, 6.45) is 0.293. The molecule has 2 N–H and O–H groups in total. The lowest BCUT2D eigenvalue weighted by Gasteiger charge is -2.10. The Bertz CT molecular complexity index is 676. The molecule has 2 aromatic rings. The quantitative estimate of drug-likeness (QED) is 0.502. The first-order valence-corrected chi connectivity index (χ1v) is 7.14. The van der Waals surface area contributed by atoms with Gasteiger partial charge in [0.25, 0.3) is 0 Å². The molecule has 0 aliphatic heterocycles. The summed E-state index contributed by atoms with van der Waals surface area (Å²) in [7, 11) is 3.05. The predicted octanol–water partition coefficient (Wildman–Crippen LogP) is 1.97. The third kappa shape index (κ3) is 3.78. The van der Waals surface area contributed by atoms with Gasteiger partial charge in [-0.25, -0.2) is 0 Å². The summed E-state index contributed by atoms with van der Waals surface area (Å²) in [5.74, 6) is 1.23. The maximum Gasteiger partial charge on any atom is 0.307 e. The number of esters is 1. The lowest BCUT2D eigenvalue weighted by Crippen LogP contribution is -2.38. The monoisotopic (exact) mass is 303 g/mol. The number of benzene rings is 1. The van der Waals surface area contributed by atoms with Crippen LogP contribution in [0.3, 0.4) is 0 Å². The van der Waals surface area contributed by atoms with Crippen molar-refractivity contribution in [3.05, 3.63) is 35.6 Å². The maximum atomic E-state index is 11.1. The highest BCUT2D eigenvalue weighted by Crippen LogP contribution is 2.24. The summed E-state index contributed by atoms with van der Waals surface area (Å²) in [6, 6.07) is 7.95. The van der Waals surface area contributed by atoms with Gasteiger partial charge in [-0.2, -0.15) is 0 Å². The lowest BCUT2D eigenvalue weighted by atomic mass is 10.1. The van der Waals surface area contributed by atoms with Crippen molar-refractivity contribution in [3.8, 4) is 0 Å². The number of carbonyl (C=O) groups excluding carboxylic acids is 1. The average molecular weight is 303 g/mol. The van der Waals surface area contributed by atoms with Crippen LogP contribution in [0.25, 0.3) is 11.0 Å². The SMILES string of the molecule is CN=C(NCCC(=O)OC)NCc1oc2ccccc2c1C. The Kier molecular flexibility index (Phi) is 5.41. The zero-order chi connectivity index (χ0) is 15.9. The Morgan fingerprint density at radius 1 is 1.32 bits per heavy atom. The van der Waals surface area contributed by atoms with E-state index in [2.05, 4.69) is 20.4 Å². The number of methoxy groups -OCH3 is 1. The summed E-state index contributed by atoms with van der Waals surface area (Å²) >= 11 is 0. The fourth-order valence-electron chi connectivity index (χ4n) is 2.16. The highest BCUT2D eigenvalue weighted by atomic mass is 16.5. The summed E-state index contributed by atoms with van der Waals surface area (Å²) in [4.78, 5) is 15.2. The van der Waals surface area contributed by atoms with Crippen LogP contribution < -0.4 is 10.6 Å². The van der Waals surface area contributed by atoms with E-state index in [-0.39, 0.29) is 5.97 Å². The molecule has 0 bridgehead atoms. The van der Waals surface area contributed by atoms with E-state index in [1.807, 2.05) is 31.2 Å². The average Bonchev–Trinajstić information content (AvgIpc) is 2.87. The molecule has 2 rings (SSSR count). The summed E-state index contributed by atoms with van der Waals surface area (Å²) in [6.45, 7) is 3.03. The molecule has 6 nitrogen and oxygen atoms in total. The van der Waals surface area contributed by atoms with Crippen LogP contribution in [-0.4, -0.2) is 32.6 Å². The number of hydrogen-bond acceptors (Lipinski definition) is 4. The van der Waals surface area contributed by atoms with Crippen molar-refractivity contribution in [1.82, 2.24) is 10.6 Å². The van der Waals surface area contributed by atoms with Gasteiger partial charge in [-0.3, -0.25) is 9.79 Å². The molecule has 118 valence electrons. The molecule has 0 atom stereocenters. The molecule has 1 aromatic heterocycles. The zero-order valence-corrected chi connectivity index (χ0v) is 13.1. The molecule has 22 heavy (non-hydrogen) atoms. The number of furan rings is 1. The minimum Gasteiger partial charge on any atom is -0.469 e. The Hall–Kier alpha value is -2.50. The number of ether oxygens (including phenoxy) is 1. The van der Waals surface area contributed by atoms with Crippen molar-refractivity contribution in [1.29, 1.82) is 0 Å². The summed E-state index contributed by atoms with van der Waals surface area (Å²) in [5, 5.41) is 7.35. The standard InChI is InChI=1S/C16H21N3O3/c1-11-12-6-4-5-7-13(12)22-14(11)10-19-16(17-2)18-9-8-15(20)21-3/h4-7H,8-10H2,1-3H3,(H2,17,18,19). The second kappa shape index (κ2) is 7.49. The number of hydrogen-bond donors (Lipinski definition) is 2. The first-order valence-electron chi connectivity index (χ1n) is 7.14. The van der Waals surface area contributed by atoms with E-state index in [0.717, 1.165) is 22.3 Å². The van der Waals surface area contributed by atoms with Crippen LogP contribution in [-0.2, 0) is 16.1 Å². The van der Waals surface area contributed by atoms with Crippen LogP contribution in [0.4, 0.5) is 0 Å². The predicted molar refractivity (Wildman–Crippen MR) is 85.8 cm³/mol. The van der Waals surface area contributed by atoms with Crippen LogP contribution in [0.5, 0.6) is 0 Å². The third-order valence-electron chi connectivity index (χ3n) is 3.43. The van der Waals surface area contributed by atoms with Gasteiger partial charge in [0, 0.05) is 24.5 Å². The molecular formula is C16H21N3O3. The van der Waals surface area contributed by atoms with Gasteiger partial charge in [0.1, 0.15) is 11.3 Å². The van der Waals surface area contributed by atoms with Crippen molar-refractivity contribution in [2.45, 2.75) is 19.9 Å². The Labute approximate surface area is 129 Å². The zero-order valence-electron chi connectivity index (χ0n) is 13.1. The lowest BCUT2D eigenvalue weighted by molar-refractivity contribution is -0.140. The van der Waals surface area contributed by atoms with Gasteiger partial charge in [0.2, 0.25) is 0 Å². The number of aliphatic imine (C=N–C) groups is 1. The number of nitrogens with zero attached hydrogens (tertiary/aromatic N) is 1. The highest BCUT2D eigenvalue weighted by Gasteiger charge is 2.10. The van der Waals surface area contributed by atoms with E-state index < -0.39 is 0 Å².